The molecule has 7 heteroatoms. The number of rotatable bonds is 6. The quantitative estimate of drug-likeness (QED) is 0.415. The highest BCUT2D eigenvalue weighted by atomic mass is 35.5. The Morgan fingerprint density at radius 2 is 1.97 bits per heavy atom. The number of imidazole rings is 1. The maximum Gasteiger partial charge on any atom is 0.255 e. The minimum absolute atomic E-state index is 0.177. The van der Waals surface area contributed by atoms with E-state index in [9.17, 15) is 4.79 Å². The molecule has 2 atom stereocenters. The number of benzene rings is 1. The topological polar surface area (TPSA) is 68.5 Å². The molecule has 1 aliphatic carbocycles. The minimum Gasteiger partial charge on any atom is -0.487 e. The highest BCUT2D eigenvalue weighted by Crippen LogP contribution is 2.47. The molecule has 2 unspecified atom stereocenters. The smallest absolute Gasteiger partial charge is 0.255 e. The van der Waals surface area contributed by atoms with E-state index < -0.39 is 0 Å². The van der Waals surface area contributed by atoms with Crippen LogP contribution in [0.25, 0.3) is 5.65 Å². The zero-order valence-corrected chi connectivity index (χ0v) is 18.6. The highest BCUT2D eigenvalue weighted by molar-refractivity contribution is 6.30. The molecule has 32 heavy (non-hydrogen) atoms. The second-order valence-electron chi connectivity index (χ2n) is 8.28. The molecular weight excluding hydrogens is 424 g/mol. The SMILES string of the molecule is Cc1c(C2CC2C)nc2ccc(NC(=O)c3ccc(OCc4ccc(Cl)cn4)cc3)cn12. The zero-order valence-electron chi connectivity index (χ0n) is 17.9. The maximum absolute atomic E-state index is 12.7. The Bertz CT molecular complexity index is 1280. The number of nitrogens with zero attached hydrogens (tertiary/aromatic N) is 3. The van der Waals surface area contributed by atoms with Gasteiger partial charge in [-0.05, 0) is 67.8 Å². The number of carbonyl (C=O) groups is 1. The van der Waals surface area contributed by atoms with E-state index in [0.717, 1.165) is 22.7 Å². The van der Waals surface area contributed by atoms with Gasteiger partial charge in [-0.3, -0.25) is 9.78 Å². The van der Waals surface area contributed by atoms with Gasteiger partial charge in [0.05, 0.1) is 22.1 Å². The lowest BCUT2D eigenvalue weighted by Gasteiger charge is -2.09. The molecule has 5 rings (SSSR count). The lowest BCUT2D eigenvalue weighted by atomic mass is 10.2. The number of aromatic nitrogens is 3. The van der Waals surface area contributed by atoms with Gasteiger partial charge in [0.2, 0.25) is 0 Å². The number of ether oxygens (including phenoxy) is 1. The molecule has 1 aromatic carbocycles. The normalized spacial score (nSPS) is 17.3. The molecule has 1 aliphatic rings. The van der Waals surface area contributed by atoms with Gasteiger partial charge in [-0.15, -0.1) is 0 Å². The third-order valence-corrected chi connectivity index (χ3v) is 6.13. The standard InChI is InChI=1S/C25H23ClN4O2/c1-15-11-22(15)24-16(2)30-13-19(7-10-23(30)29-24)28-25(31)17-3-8-21(9-4-17)32-14-20-6-5-18(26)12-27-20/h3-10,12-13,15,22H,11,14H2,1-2H3,(H,28,31). The number of fused-ring (bicyclic) bond motifs is 1. The Morgan fingerprint density at radius 3 is 2.66 bits per heavy atom. The fourth-order valence-electron chi connectivity index (χ4n) is 3.86. The van der Waals surface area contributed by atoms with Crippen molar-refractivity contribution in [2.75, 3.05) is 5.32 Å². The first-order chi connectivity index (χ1) is 15.5. The molecule has 0 aliphatic heterocycles. The van der Waals surface area contributed by atoms with Gasteiger partial charge >= 0.3 is 0 Å². The van der Waals surface area contributed by atoms with Crippen LogP contribution in [-0.4, -0.2) is 20.3 Å². The Kier molecular flexibility index (Phi) is 5.31. The van der Waals surface area contributed by atoms with Gasteiger partial charge in [0.25, 0.3) is 5.91 Å². The number of hydrogen-bond donors (Lipinski definition) is 1. The first-order valence-electron chi connectivity index (χ1n) is 10.6. The van der Waals surface area contributed by atoms with Crippen molar-refractivity contribution < 1.29 is 9.53 Å². The average Bonchev–Trinajstić information content (AvgIpc) is 3.44. The number of hydrogen-bond acceptors (Lipinski definition) is 4. The Labute approximate surface area is 191 Å². The number of pyridine rings is 2. The molecule has 0 saturated heterocycles. The summed E-state index contributed by atoms with van der Waals surface area (Å²) in [5, 5.41) is 3.56. The molecule has 1 N–H and O–H groups in total. The fourth-order valence-corrected chi connectivity index (χ4v) is 3.98. The molecular formula is C25H23ClN4O2. The average molecular weight is 447 g/mol. The van der Waals surface area contributed by atoms with Gasteiger partial charge in [0, 0.05) is 29.6 Å². The number of aryl methyl sites for hydroxylation is 1. The lowest BCUT2D eigenvalue weighted by molar-refractivity contribution is 0.102. The molecule has 3 aromatic heterocycles. The first kappa shape index (κ1) is 20.5. The van der Waals surface area contributed by atoms with Crippen LogP contribution >= 0.6 is 11.6 Å². The summed E-state index contributed by atoms with van der Waals surface area (Å²) in [6.07, 6.45) is 4.72. The van der Waals surface area contributed by atoms with Crippen LogP contribution in [0, 0.1) is 12.8 Å². The van der Waals surface area contributed by atoms with E-state index in [-0.39, 0.29) is 5.91 Å². The van der Waals surface area contributed by atoms with E-state index in [1.807, 2.05) is 24.4 Å². The summed E-state index contributed by atoms with van der Waals surface area (Å²) < 4.78 is 7.79. The molecule has 0 radical (unpaired) electrons. The van der Waals surface area contributed by atoms with Crippen LogP contribution < -0.4 is 10.1 Å². The van der Waals surface area contributed by atoms with Crippen molar-refractivity contribution in [3.05, 3.63) is 88.6 Å². The van der Waals surface area contributed by atoms with Crippen molar-refractivity contribution in [3.8, 4) is 5.75 Å². The summed E-state index contributed by atoms with van der Waals surface area (Å²) in [6.45, 7) is 4.67. The van der Waals surface area contributed by atoms with Crippen LogP contribution in [-0.2, 0) is 6.61 Å². The summed E-state index contributed by atoms with van der Waals surface area (Å²) in [5.41, 5.74) is 5.28. The molecule has 6 nitrogen and oxygen atoms in total. The van der Waals surface area contributed by atoms with E-state index in [4.69, 9.17) is 21.3 Å². The van der Waals surface area contributed by atoms with E-state index in [2.05, 4.69) is 28.5 Å². The second-order valence-corrected chi connectivity index (χ2v) is 8.72. The monoisotopic (exact) mass is 446 g/mol. The van der Waals surface area contributed by atoms with Crippen LogP contribution in [0.2, 0.25) is 5.02 Å². The first-order valence-corrected chi connectivity index (χ1v) is 11.0. The molecule has 0 bridgehead atoms. The van der Waals surface area contributed by atoms with Crippen molar-refractivity contribution in [1.29, 1.82) is 0 Å². The predicted molar refractivity (Wildman–Crippen MR) is 124 cm³/mol. The predicted octanol–water partition coefficient (Wildman–Crippen LogP) is 5.65. The van der Waals surface area contributed by atoms with Crippen molar-refractivity contribution >= 4 is 28.8 Å². The van der Waals surface area contributed by atoms with Crippen LogP contribution in [0.15, 0.2) is 60.9 Å². The second kappa shape index (κ2) is 8.28. The van der Waals surface area contributed by atoms with Crippen molar-refractivity contribution in [2.45, 2.75) is 32.8 Å². The molecule has 3 heterocycles. The van der Waals surface area contributed by atoms with Crippen molar-refractivity contribution in [1.82, 2.24) is 14.4 Å². The van der Waals surface area contributed by atoms with Crippen LogP contribution in [0.3, 0.4) is 0 Å². The molecule has 1 saturated carbocycles. The summed E-state index contributed by atoms with van der Waals surface area (Å²) in [7, 11) is 0. The van der Waals surface area contributed by atoms with Crippen LogP contribution in [0.4, 0.5) is 5.69 Å². The zero-order chi connectivity index (χ0) is 22.2. The fraction of sp³-hybridized carbons (Fsp3) is 0.240. The van der Waals surface area contributed by atoms with Gasteiger partial charge < -0.3 is 14.5 Å². The minimum atomic E-state index is -0.177. The number of nitrogens with one attached hydrogen (secondary N) is 1. The summed E-state index contributed by atoms with van der Waals surface area (Å²) >= 11 is 5.85. The molecule has 1 amide bonds. The summed E-state index contributed by atoms with van der Waals surface area (Å²) in [5.74, 6) is 1.75. The lowest BCUT2D eigenvalue weighted by Crippen LogP contribution is -2.12. The van der Waals surface area contributed by atoms with E-state index in [1.54, 1.807) is 36.5 Å². The summed E-state index contributed by atoms with van der Waals surface area (Å²) in [6, 6.07) is 14.5. The largest absolute Gasteiger partial charge is 0.487 e. The molecule has 1 fully saturated rings. The van der Waals surface area contributed by atoms with Gasteiger partial charge in [0.15, 0.2) is 0 Å². The summed E-state index contributed by atoms with van der Waals surface area (Å²) in [4.78, 5) is 21.7. The number of halogens is 1. The Balaban J connectivity index is 1.24. The third-order valence-electron chi connectivity index (χ3n) is 5.90. The third kappa shape index (κ3) is 4.18. The number of carbonyl (C=O) groups excluding carboxylic acids is 1. The maximum atomic E-state index is 12.7. The van der Waals surface area contributed by atoms with Crippen molar-refractivity contribution in [3.63, 3.8) is 0 Å². The van der Waals surface area contributed by atoms with Gasteiger partial charge in [-0.1, -0.05) is 18.5 Å². The molecule has 0 spiro atoms. The molecule has 162 valence electrons. The highest BCUT2D eigenvalue weighted by Gasteiger charge is 2.37. The van der Waals surface area contributed by atoms with E-state index in [0.29, 0.717) is 34.8 Å². The van der Waals surface area contributed by atoms with Gasteiger partial charge in [-0.2, -0.15) is 0 Å². The van der Waals surface area contributed by atoms with Crippen LogP contribution in [0.5, 0.6) is 5.75 Å². The Hall–Kier alpha value is -3.38. The van der Waals surface area contributed by atoms with Crippen LogP contribution in [0.1, 0.15) is 46.7 Å². The van der Waals surface area contributed by atoms with Gasteiger partial charge in [-0.25, -0.2) is 4.98 Å². The number of amides is 1. The van der Waals surface area contributed by atoms with Gasteiger partial charge in [0.1, 0.15) is 18.0 Å². The Morgan fingerprint density at radius 1 is 1.19 bits per heavy atom. The van der Waals surface area contributed by atoms with E-state index >= 15 is 0 Å². The van der Waals surface area contributed by atoms with Crippen molar-refractivity contribution in [2.24, 2.45) is 5.92 Å². The number of anilines is 1. The van der Waals surface area contributed by atoms with E-state index in [1.165, 1.54) is 12.1 Å². The molecule has 4 aromatic rings.